The molecule has 0 spiro atoms. The first-order chi connectivity index (χ1) is 16.6. The number of aromatic nitrogens is 3. The van der Waals surface area contributed by atoms with Gasteiger partial charge in [-0.3, -0.25) is 4.79 Å². The summed E-state index contributed by atoms with van der Waals surface area (Å²) >= 11 is 7.54. The number of hydrogen-bond acceptors (Lipinski definition) is 6. The highest BCUT2D eigenvalue weighted by atomic mass is 35.5. The van der Waals surface area contributed by atoms with Gasteiger partial charge in [0, 0.05) is 5.56 Å². The van der Waals surface area contributed by atoms with Crippen LogP contribution in [0.4, 0.5) is 0 Å². The number of thiazole rings is 1. The number of halogens is 1. The maximum atomic E-state index is 12.9. The molecule has 0 saturated heterocycles. The summed E-state index contributed by atoms with van der Waals surface area (Å²) in [6, 6.07) is 13.0. The van der Waals surface area contributed by atoms with Crippen molar-refractivity contribution < 1.29 is 9.47 Å². The fourth-order valence-corrected chi connectivity index (χ4v) is 4.83. The lowest BCUT2D eigenvalue weighted by Gasteiger charge is -2.11. The van der Waals surface area contributed by atoms with Crippen LogP contribution in [0.15, 0.2) is 47.3 Å². The van der Waals surface area contributed by atoms with Gasteiger partial charge in [0.25, 0.3) is 5.56 Å². The molecule has 2 heterocycles. The lowest BCUT2D eigenvalue weighted by molar-refractivity contribution is 0.284. The number of ether oxygens (including phenoxy) is 2. The largest absolute Gasteiger partial charge is 0.493 e. The van der Waals surface area contributed by atoms with E-state index in [1.807, 2.05) is 42.5 Å². The standard InChI is InChI=1S/C26H28ClN3O3S/c1-3-4-5-6-7-10-15-33-21-14-13-18(16-22(21)32-2)17-23-25(31)30-26(34-23)28-24(29-30)19-11-8-9-12-20(19)27/h8-9,11-14,16-17H,3-7,10,15H2,1-2H3/b23-17+. The summed E-state index contributed by atoms with van der Waals surface area (Å²) in [7, 11) is 1.62. The van der Waals surface area contributed by atoms with Gasteiger partial charge >= 0.3 is 0 Å². The fraction of sp³-hybridized carbons (Fsp3) is 0.346. The molecule has 0 aliphatic rings. The van der Waals surface area contributed by atoms with Crippen LogP contribution in [0.5, 0.6) is 11.5 Å². The second-order valence-corrected chi connectivity index (χ2v) is 9.47. The van der Waals surface area contributed by atoms with Crippen LogP contribution in [-0.2, 0) is 0 Å². The van der Waals surface area contributed by atoms with Crippen LogP contribution in [0.2, 0.25) is 5.02 Å². The Morgan fingerprint density at radius 1 is 1.06 bits per heavy atom. The van der Waals surface area contributed by atoms with Crippen LogP contribution in [0.1, 0.15) is 51.0 Å². The molecule has 0 N–H and O–H groups in total. The number of rotatable bonds is 11. The monoisotopic (exact) mass is 497 g/mol. The summed E-state index contributed by atoms with van der Waals surface area (Å²) in [6.45, 7) is 2.89. The van der Waals surface area contributed by atoms with Crippen LogP contribution >= 0.6 is 22.9 Å². The number of nitrogens with zero attached hydrogens (tertiary/aromatic N) is 3. The first-order valence-electron chi connectivity index (χ1n) is 11.6. The summed E-state index contributed by atoms with van der Waals surface area (Å²) in [4.78, 5) is 17.9. The average Bonchev–Trinajstić information content (AvgIpc) is 3.38. The molecule has 0 radical (unpaired) electrons. The number of benzene rings is 2. The molecule has 8 heteroatoms. The molecule has 178 valence electrons. The van der Waals surface area contributed by atoms with Gasteiger partial charge in [-0.05, 0) is 42.3 Å². The molecule has 6 nitrogen and oxygen atoms in total. The molecule has 0 fully saturated rings. The van der Waals surface area contributed by atoms with Gasteiger partial charge in [-0.2, -0.15) is 9.50 Å². The Hall–Kier alpha value is -2.90. The van der Waals surface area contributed by atoms with E-state index in [0.29, 0.717) is 44.0 Å². The Bertz CT molecular complexity index is 1370. The minimum Gasteiger partial charge on any atom is -0.493 e. The molecule has 0 atom stereocenters. The Morgan fingerprint density at radius 3 is 2.62 bits per heavy atom. The molecule has 0 aliphatic carbocycles. The average molecular weight is 498 g/mol. The van der Waals surface area contributed by atoms with E-state index < -0.39 is 0 Å². The molecule has 0 amide bonds. The zero-order chi connectivity index (χ0) is 23.9. The van der Waals surface area contributed by atoms with E-state index in [2.05, 4.69) is 17.0 Å². The Balaban J connectivity index is 1.49. The summed E-state index contributed by atoms with van der Waals surface area (Å²) in [5.74, 6) is 1.80. The molecule has 0 unspecified atom stereocenters. The lowest BCUT2D eigenvalue weighted by atomic mass is 10.1. The predicted octanol–water partition coefficient (Wildman–Crippen LogP) is 5.77. The maximum absolute atomic E-state index is 12.9. The molecule has 0 bridgehead atoms. The molecule has 4 rings (SSSR count). The highest BCUT2D eigenvalue weighted by Crippen LogP contribution is 2.29. The zero-order valence-corrected chi connectivity index (χ0v) is 21.0. The molecule has 2 aromatic heterocycles. The summed E-state index contributed by atoms with van der Waals surface area (Å²) in [6.07, 6.45) is 9.11. The third-order valence-corrected chi connectivity index (χ3v) is 6.83. The van der Waals surface area contributed by atoms with Crippen LogP contribution in [0.25, 0.3) is 22.4 Å². The van der Waals surface area contributed by atoms with Gasteiger partial charge in [0.1, 0.15) is 0 Å². The van der Waals surface area contributed by atoms with Crippen molar-refractivity contribution in [1.29, 1.82) is 0 Å². The fourth-order valence-electron chi connectivity index (χ4n) is 3.70. The number of methoxy groups -OCH3 is 1. The van der Waals surface area contributed by atoms with Crippen LogP contribution in [-0.4, -0.2) is 28.3 Å². The van der Waals surface area contributed by atoms with Crippen LogP contribution in [0, 0.1) is 0 Å². The molecule has 34 heavy (non-hydrogen) atoms. The van der Waals surface area contributed by atoms with Crippen molar-refractivity contribution in [2.75, 3.05) is 13.7 Å². The third-order valence-electron chi connectivity index (χ3n) is 5.54. The Morgan fingerprint density at radius 2 is 1.85 bits per heavy atom. The van der Waals surface area contributed by atoms with E-state index >= 15 is 0 Å². The van der Waals surface area contributed by atoms with Crippen molar-refractivity contribution in [2.45, 2.75) is 45.4 Å². The number of unbranched alkanes of at least 4 members (excludes halogenated alkanes) is 5. The molecule has 4 aromatic rings. The van der Waals surface area contributed by atoms with Crippen molar-refractivity contribution in [2.24, 2.45) is 0 Å². The topological polar surface area (TPSA) is 65.7 Å². The number of hydrogen-bond donors (Lipinski definition) is 0. The van der Waals surface area contributed by atoms with E-state index in [0.717, 1.165) is 12.0 Å². The molecule has 0 saturated carbocycles. The minimum atomic E-state index is -0.215. The first-order valence-corrected chi connectivity index (χ1v) is 12.8. The molecule has 2 aromatic carbocycles. The zero-order valence-electron chi connectivity index (χ0n) is 19.4. The summed E-state index contributed by atoms with van der Waals surface area (Å²) < 4.78 is 13.3. The van der Waals surface area contributed by atoms with E-state index in [9.17, 15) is 4.79 Å². The highest BCUT2D eigenvalue weighted by molar-refractivity contribution is 7.15. The van der Waals surface area contributed by atoms with E-state index in [4.69, 9.17) is 21.1 Å². The van der Waals surface area contributed by atoms with Crippen molar-refractivity contribution in [3.63, 3.8) is 0 Å². The smallest absolute Gasteiger partial charge is 0.291 e. The van der Waals surface area contributed by atoms with Crippen LogP contribution in [0.3, 0.4) is 0 Å². The van der Waals surface area contributed by atoms with Gasteiger partial charge in [-0.15, -0.1) is 5.10 Å². The van der Waals surface area contributed by atoms with Gasteiger partial charge in [-0.1, -0.05) is 80.2 Å². The quantitative estimate of drug-likeness (QED) is 0.246. The third kappa shape index (κ3) is 5.59. The summed E-state index contributed by atoms with van der Waals surface area (Å²) in [5.41, 5.74) is 1.33. The number of fused-ring (bicyclic) bond motifs is 1. The SMILES string of the molecule is CCCCCCCCOc1ccc(/C=c2/sc3nc(-c4ccccc4Cl)nn3c2=O)cc1OC. The normalized spacial score (nSPS) is 11.9. The molecular weight excluding hydrogens is 470 g/mol. The minimum absolute atomic E-state index is 0.215. The van der Waals surface area contributed by atoms with E-state index in [1.54, 1.807) is 13.2 Å². The molecule has 0 aliphatic heterocycles. The van der Waals surface area contributed by atoms with Gasteiger partial charge in [-0.25, -0.2) is 0 Å². The summed E-state index contributed by atoms with van der Waals surface area (Å²) in [5, 5.41) is 4.92. The van der Waals surface area contributed by atoms with Crippen LogP contribution < -0.4 is 19.6 Å². The van der Waals surface area contributed by atoms with E-state index in [-0.39, 0.29) is 5.56 Å². The van der Waals surface area contributed by atoms with Gasteiger partial charge in [0.2, 0.25) is 4.96 Å². The van der Waals surface area contributed by atoms with Gasteiger partial charge in [0.15, 0.2) is 17.3 Å². The van der Waals surface area contributed by atoms with Crippen molar-refractivity contribution in [3.05, 3.63) is 67.9 Å². The second kappa shape index (κ2) is 11.5. The Labute approximate surface area is 207 Å². The first kappa shape index (κ1) is 24.2. The van der Waals surface area contributed by atoms with Crippen molar-refractivity contribution in [1.82, 2.24) is 14.6 Å². The predicted molar refractivity (Wildman–Crippen MR) is 138 cm³/mol. The second-order valence-electron chi connectivity index (χ2n) is 8.05. The highest BCUT2D eigenvalue weighted by Gasteiger charge is 2.14. The van der Waals surface area contributed by atoms with Gasteiger partial charge < -0.3 is 9.47 Å². The van der Waals surface area contributed by atoms with Crippen molar-refractivity contribution in [3.8, 4) is 22.9 Å². The molecular formula is C26H28ClN3O3S. The van der Waals surface area contributed by atoms with Gasteiger partial charge in [0.05, 0.1) is 23.3 Å². The van der Waals surface area contributed by atoms with E-state index in [1.165, 1.54) is 48.0 Å². The lowest BCUT2D eigenvalue weighted by Crippen LogP contribution is -2.23. The Kier molecular flexibility index (Phi) is 8.19. The van der Waals surface area contributed by atoms with Crippen molar-refractivity contribution >= 4 is 34.0 Å². The maximum Gasteiger partial charge on any atom is 0.291 e.